The Bertz CT molecular complexity index is 402. The van der Waals surface area contributed by atoms with E-state index in [1.165, 1.54) is 3.57 Å². The van der Waals surface area contributed by atoms with E-state index in [0.29, 0.717) is 12.3 Å². The molecule has 1 aromatic carbocycles. The Hall–Kier alpha value is -0.620. The summed E-state index contributed by atoms with van der Waals surface area (Å²) in [4.78, 5) is 11.7. The van der Waals surface area contributed by atoms with Crippen LogP contribution in [0.1, 0.15) is 12.0 Å². The van der Waals surface area contributed by atoms with Gasteiger partial charge in [0.25, 0.3) is 0 Å². The highest BCUT2D eigenvalue weighted by molar-refractivity contribution is 14.1. The highest BCUT2D eigenvalue weighted by Crippen LogP contribution is 2.20. The number of anilines is 1. The molecule has 0 saturated carbocycles. The third-order valence-electron chi connectivity index (χ3n) is 2.64. The average Bonchev–Trinajstić information content (AvgIpc) is 2.16. The van der Waals surface area contributed by atoms with E-state index in [-0.39, 0.29) is 5.91 Å². The van der Waals surface area contributed by atoms with Gasteiger partial charge in [-0.1, -0.05) is 0 Å². The van der Waals surface area contributed by atoms with Crippen LogP contribution < -0.4 is 5.32 Å². The summed E-state index contributed by atoms with van der Waals surface area (Å²) >= 11 is 2.26. The minimum atomic E-state index is 0.0811. The Balaban J connectivity index is 1.94. The van der Waals surface area contributed by atoms with Gasteiger partial charge in [-0.15, -0.1) is 0 Å². The molecule has 0 bridgehead atoms. The van der Waals surface area contributed by atoms with Crippen LogP contribution in [0.4, 0.5) is 5.69 Å². The number of hydrogen-bond donors (Lipinski definition) is 1. The lowest BCUT2D eigenvalue weighted by Gasteiger charge is -2.25. The molecule has 1 amide bonds. The molecule has 1 saturated heterocycles. The smallest absolute Gasteiger partial charge is 0.224 e. The van der Waals surface area contributed by atoms with Gasteiger partial charge in [0, 0.05) is 21.6 Å². The molecule has 0 atom stereocenters. The van der Waals surface area contributed by atoms with Crippen molar-refractivity contribution in [1.29, 1.82) is 0 Å². The van der Waals surface area contributed by atoms with Crippen LogP contribution in [-0.4, -0.2) is 19.1 Å². The lowest BCUT2D eigenvalue weighted by molar-refractivity contribution is -0.121. The Labute approximate surface area is 109 Å². The average molecular weight is 331 g/mol. The first-order valence-corrected chi connectivity index (χ1v) is 6.37. The second-order valence-corrected chi connectivity index (χ2v) is 5.36. The molecule has 3 nitrogen and oxygen atoms in total. The number of halogens is 1. The molecule has 0 radical (unpaired) electrons. The first kappa shape index (κ1) is 11.9. The molecule has 1 aliphatic heterocycles. The van der Waals surface area contributed by atoms with Crippen LogP contribution in [0.5, 0.6) is 0 Å². The maximum Gasteiger partial charge on any atom is 0.224 e. The molecule has 4 heteroatoms. The third-order valence-corrected chi connectivity index (χ3v) is 3.31. The normalized spacial score (nSPS) is 15.6. The molecule has 0 unspecified atom stereocenters. The maximum atomic E-state index is 11.7. The van der Waals surface area contributed by atoms with Crippen LogP contribution in [-0.2, 0) is 9.53 Å². The Morgan fingerprint density at radius 1 is 1.56 bits per heavy atom. The molecule has 16 heavy (non-hydrogen) atoms. The quantitative estimate of drug-likeness (QED) is 0.865. The molecule has 1 heterocycles. The van der Waals surface area contributed by atoms with Crippen molar-refractivity contribution in [3.63, 3.8) is 0 Å². The van der Waals surface area contributed by atoms with E-state index in [9.17, 15) is 4.79 Å². The van der Waals surface area contributed by atoms with Crippen LogP contribution in [0.3, 0.4) is 0 Å². The van der Waals surface area contributed by atoms with Crippen molar-refractivity contribution in [2.24, 2.45) is 5.92 Å². The topological polar surface area (TPSA) is 38.3 Å². The summed E-state index contributed by atoms with van der Waals surface area (Å²) in [5.41, 5.74) is 2.01. The number of benzene rings is 1. The first-order chi connectivity index (χ1) is 7.65. The standard InChI is InChI=1S/C12H14INO2/c1-8-4-10(13)2-3-11(8)14-12(15)5-9-6-16-7-9/h2-4,9H,5-7H2,1H3,(H,14,15). The summed E-state index contributed by atoms with van der Waals surface area (Å²) < 4.78 is 6.23. The van der Waals surface area contributed by atoms with E-state index in [0.717, 1.165) is 24.5 Å². The molecule has 1 aliphatic rings. The van der Waals surface area contributed by atoms with Gasteiger partial charge in [-0.2, -0.15) is 0 Å². The predicted molar refractivity (Wildman–Crippen MR) is 71.5 cm³/mol. The van der Waals surface area contributed by atoms with E-state index in [1.54, 1.807) is 0 Å². The predicted octanol–water partition coefficient (Wildman–Crippen LogP) is 2.57. The van der Waals surface area contributed by atoms with Crippen LogP contribution in [0.2, 0.25) is 0 Å². The monoisotopic (exact) mass is 331 g/mol. The number of carbonyl (C=O) groups is 1. The maximum absolute atomic E-state index is 11.7. The van der Waals surface area contributed by atoms with Gasteiger partial charge in [0.1, 0.15) is 0 Å². The van der Waals surface area contributed by atoms with Crippen LogP contribution in [0, 0.1) is 16.4 Å². The van der Waals surface area contributed by atoms with E-state index in [1.807, 2.05) is 19.1 Å². The van der Waals surface area contributed by atoms with Gasteiger partial charge in [-0.3, -0.25) is 4.79 Å². The number of amides is 1. The molecule has 86 valence electrons. The van der Waals surface area contributed by atoms with Crippen molar-refractivity contribution in [2.45, 2.75) is 13.3 Å². The van der Waals surface area contributed by atoms with Gasteiger partial charge in [0.05, 0.1) is 13.2 Å². The second kappa shape index (κ2) is 5.14. The van der Waals surface area contributed by atoms with Crippen LogP contribution in [0.15, 0.2) is 18.2 Å². The van der Waals surface area contributed by atoms with E-state index >= 15 is 0 Å². The molecule has 0 aliphatic carbocycles. The molecule has 1 aromatic rings. The van der Waals surface area contributed by atoms with E-state index < -0.39 is 0 Å². The largest absolute Gasteiger partial charge is 0.381 e. The first-order valence-electron chi connectivity index (χ1n) is 5.29. The zero-order valence-electron chi connectivity index (χ0n) is 9.13. The van der Waals surface area contributed by atoms with Crippen molar-refractivity contribution in [1.82, 2.24) is 0 Å². The van der Waals surface area contributed by atoms with E-state index in [4.69, 9.17) is 4.74 Å². The summed E-state index contributed by atoms with van der Waals surface area (Å²) in [6.07, 6.45) is 0.561. The Morgan fingerprint density at radius 2 is 2.31 bits per heavy atom. The molecule has 0 aromatic heterocycles. The molecule has 2 rings (SSSR count). The molecule has 1 fully saturated rings. The van der Waals surface area contributed by atoms with Gasteiger partial charge in [0.15, 0.2) is 0 Å². The van der Waals surface area contributed by atoms with Crippen molar-refractivity contribution >= 4 is 34.2 Å². The number of aryl methyl sites for hydroxylation is 1. The fourth-order valence-corrected chi connectivity index (χ4v) is 2.28. The van der Waals surface area contributed by atoms with Gasteiger partial charge >= 0.3 is 0 Å². The summed E-state index contributed by atoms with van der Waals surface area (Å²) in [7, 11) is 0. The number of ether oxygens (including phenoxy) is 1. The van der Waals surface area contributed by atoms with Gasteiger partial charge in [-0.05, 0) is 53.3 Å². The van der Waals surface area contributed by atoms with Gasteiger partial charge in [0.2, 0.25) is 5.91 Å². The zero-order valence-corrected chi connectivity index (χ0v) is 11.3. The van der Waals surface area contributed by atoms with Gasteiger partial charge < -0.3 is 10.1 Å². The fourth-order valence-electron chi connectivity index (χ4n) is 1.63. The van der Waals surface area contributed by atoms with Crippen molar-refractivity contribution in [3.8, 4) is 0 Å². The zero-order chi connectivity index (χ0) is 11.5. The number of carbonyl (C=O) groups excluding carboxylic acids is 1. The van der Waals surface area contributed by atoms with Crippen molar-refractivity contribution < 1.29 is 9.53 Å². The van der Waals surface area contributed by atoms with Crippen molar-refractivity contribution in [3.05, 3.63) is 27.3 Å². The van der Waals surface area contributed by atoms with Gasteiger partial charge in [-0.25, -0.2) is 0 Å². The molecular formula is C12H14INO2. The Morgan fingerprint density at radius 3 is 2.88 bits per heavy atom. The third kappa shape index (κ3) is 2.95. The fraction of sp³-hybridized carbons (Fsp3) is 0.417. The SMILES string of the molecule is Cc1cc(I)ccc1NC(=O)CC1COC1. The van der Waals surface area contributed by atoms with Crippen molar-refractivity contribution in [2.75, 3.05) is 18.5 Å². The minimum Gasteiger partial charge on any atom is -0.381 e. The van der Waals surface area contributed by atoms with Crippen LogP contribution in [0.25, 0.3) is 0 Å². The van der Waals surface area contributed by atoms with E-state index in [2.05, 4.69) is 34.0 Å². The summed E-state index contributed by atoms with van der Waals surface area (Å²) in [6, 6.07) is 6.00. The molecule has 0 spiro atoms. The highest BCUT2D eigenvalue weighted by Gasteiger charge is 2.21. The summed E-state index contributed by atoms with van der Waals surface area (Å²) in [5.74, 6) is 0.488. The summed E-state index contributed by atoms with van der Waals surface area (Å²) in [6.45, 7) is 3.45. The molecular weight excluding hydrogens is 317 g/mol. The number of nitrogens with one attached hydrogen (secondary N) is 1. The molecule has 1 N–H and O–H groups in total. The second-order valence-electron chi connectivity index (χ2n) is 4.12. The Kier molecular flexibility index (Phi) is 3.81. The number of rotatable bonds is 3. The lowest BCUT2D eigenvalue weighted by atomic mass is 10.0. The summed E-state index contributed by atoms with van der Waals surface area (Å²) in [5, 5.41) is 2.94. The highest BCUT2D eigenvalue weighted by atomic mass is 127. The lowest BCUT2D eigenvalue weighted by Crippen LogP contribution is -2.31. The van der Waals surface area contributed by atoms with Crippen LogP contribution >= 0.6 is 22.6 Å². The minimum absolute atomic E-state index is 0.0811. The number of hydrogen-bond acceptors (Lipinski definition) is 2.